The van der Waals surface area contributed by atoms with Crippen molar-refractivity contribution in [3.05, 3.63) is 0 Å². The summed E-state index contributed by atoms with van der Waals surface area (Å²) in [6, 6.07) is 0. The Kier molecular flexibility index (Phi) is 5.19. The number of rotatable bonds is 6. The second-order valence-corrected chi connectivity index (χ2v) is 6.45. The van der Waals surface area contributed by atoms with Crippen LogP contribution in [0.5, 0.6) is 0 Å². The van der Waals surface area contributed by atoms with Crippen molar-refractivity contribution in [3.63, 3.8) is 0 Å². The molecule has 0 saturated carbocycles. The molecule has 0 amide bonds. The van der Waals surface area contributed by atoms with Crippen molar-refractivity contribution in [3.8, 4) is 0 Å². The van der Waals surface area contributed by atoms with E-state index in [1.807, 2.05) is 20.8 Å². The Bertz CT molecular complexity index is 286. The molecule has 0 aromatic heterocycles. The van der Waals surface area contributed by atoms with Gasteiger partial charge in [-0.05, 0) is 20.3 Å². The van der Waals surface area contributed by atoms with Gasteiger partial charge in [0.15, 0.2) is 0 Å². The molecule has 0 spiro atoms. The van der Waals surface area contributed by atoms with E-state index in [2.05, 4.69) is 0 Å². The lowest BCUT2D eigenvalue weighted by Gasteiger charge is -2.37. The molecule has 0 rings (SSSR count). The van der Waals surface area contributed by atoms with Crippen LogP contribution >= 0.6 is 0 Å². The Morgan fingerprint density at radius 2 is 1.73 bits per heavy atom. The van der Waals surface area contributed by atoms with E-state index in [0.717, 1.165) is 6.42 Å². The Balaban J connectivity index is 5.15. The van der Waals surface area contributed by atoms with Crippen molar-refractivity contribution in [2.45, 2.75) is 32.7 Å². The van der Waals surface area contributed by atoms with Gasteiger partial charge in [-0.25, -0.2) is 0 Å². The largest absolute Gasteiger partial charge is 0.329 e. The summed E-state index contributed by atoms with van der Waals surface area (Å²) < 4.78 is 26.7. The van der Waals surface area contributed by atoms with Crippen LogP contribution in [0.15, 0.2) is 0 Å². The van der Waals surface area contributed by atoms with Crippen LogP contribution in [-0.4, -0.2) is 49.8 Å². The minimum absolute atomic E-state index is 0.306. The highest BCUT2D eigenvalue weighted by molar-refractivity contribution is 7.86. The van der Waals surface area contributed by atoms with Crippen LogP contribution in [0.1, 0.15) is 27.2 Å². The zero-order valence-corrected chi connectivity index (χ0v) is 11.1. The van der Waals surface area contributed by atoms with Crippen LogP contribution in [-0.2, 0) is 10.2 Å². The molecule has 0 aromatic rings. The number of nitrogens with zero attached hydrogens (tertiary/aromatic N) is 2. The van der Waals surface area contributed by atoms with E-state index < -0.39 is 15.7 Å². The predicted octanol–water partition coefficient (Wildman–Crippen LogP) is 0.242. The number of hydrogen-bond acceptors (Lipinski definition) is 3. The van der Waals surface area contributed by atoms with Crippen molar-refractivity contribution < 1.29 is 8.42 Å². The van der Waals surface area contributed by atoms with Gasteiger partial charge in [-0.3, -0.25) is 0 Å². The van der Waals surface area contributed by atoms with E-state index in [-0.39, 0.29) is 0 Å². The minimum Gasteiger partial charge on any atom is -0.329 e. The summed E-state index contributed by atoms with van der Waals surface area (Å²) in [5.74, 6) is 0. The molecule has 92 valence electrons. The molecule has 0 aliphatic rings. The molecule has 6 heteroatoms. The second-order valence-electron chi connectivity index (χ2n) is 4.38. The van der Waals surface area contributed by atoms with Gasteiger partial charge in [0.1, 0.15) is 0 Å². The van der Waals surface area contributed by atoms with E-state index in [4.69, 9.17) is 5.73 Å². The van der Waals surface area contributed by atoms with Gasteiger partial charge < -0.3 is 5.73 Å². The third-order valence-corrected chi connectivity index (χ3v) is 4.50. The summed E-state index contributed by atoms with van der Waals surface area (Å²) in [6.07, 6.45) is 0.774. The lowest BCUT2D eigenvalue weighted by Crippen LogP contribution is -2.55. The summed E-state index contributed by atoms with van der Waals surface area (Å²) in [6.45, 7) is 6.42. The quantitative estimate of drug-likeness (QED) is 0.719. The Morgan fingerprint density at radius 3 is 2.00 bits per heavy atom. The average Bonchev–Trinajstić information content (AvgIpc) is 2.13. The van der Waals surface area contributed by atoms with Gasteiger partial charge in [-0.2, -0.15) is 17.0 Å². The second kappa shape index (κ2) is 5.25. The van der Waals surface area contributed by atoms with Gasteiger partial charge in [0.2, 0.25) is 0 Å². The van der Waals surface area contributed by atoms with Crippen molar-refractivity contribution >= 4 is 10.2 Å². The van der Waals surface area contributed by atoms with E-state index in [1.54, 1.807) is 0 Å². The molecule has 0 unspecified atom stereocenters. The highest BCUT2D eigenvalue weighted by Gasteiger charge is 2.35. The van der Waals surface area contributed by atoms with Crippen molar-refractivity contribution in [1.82, 2.24) is 8.61 Å². The fourth-order valence-corrected chi connectivity index (χ4v) is 2.74. The predicted molar refractivity (Wildman–Crippen MR) is 62.7 cm³/mol. The average molecular weight is 237 g/mol. The molecule has 0 radical (unpaired) electrons. The smallest absolute Gasteiger partial charge is 0.282 e. The van der Waals surface area contributed by atoms with E-state index in [1.165, 1.54) is 22.7 Å². The first-order valence-corrected chi connectivity index (χ1v) is 6.50. The van der Waals surface area contributed by atoms with Gasteiger partial charge in [-0.15, -0.1) is 0 Å². The topological polar surface area (TPSA) is 66.6 Å². The van der Waals surface area contributed by atoms with Gasteiger partial charge >= 0.3 is 0 Å². The van der Waals surface area contributed by atoms with Crippen LogP contribution in [0, 0.1) is 0 Å². The SMILES string of the molecule is CCCN(C(C)(C)CN)S(=O)(=O)N(C)C. The summed E-state index contributed by atoms with van der Waals surface area (Å²) in [7, 11) is -0.320. The van der Waals surface area contributed by atoms with Gasteiger partial charge in [0, 0.05) is 32.7 Å². The molecule has 15 heavy (non-hydrogen) atoms. The van der Waals surface area contributed by atoms with Crippen LogP contribution in [0.25, 0.3) is 0 Å². The third-order valence-electron chi connectivity index (χ3n) is 2.34. The van der Waals surface area contributed by atoms with Crippen LogP contribution in [0.2, 0.25) is 0 Å². The molecule has 0 aromatic carbocycles. The van der Waals surface area contributed by atoms with Gasteiger partial charge in [0.05, 0.1) is 0 Å². The molecule has 0 heterocycles. The summed E-state index contributed by atoms with van der Waals surface area (Å²) in [4.78, 5) is 0. The Morgan fingerprint density at radius 1 is 1.27 bits per heavy atom. The van der Waals surface area contributed by atoms with E-state index in [9.17, 15) is 8.42 Å². The van der Waals surface area contributed by atoms with Gasteiger partial charge in [0.25, 0.3) is 10.2 Å². The van der Waals surface area contributed by atoms with Crippen molar-refractivity contribution in [2.24, 2.45) is 5.73 Å². The van der Waals surface area contributed by atoms with E-state index in [0.29, 0.717) is 13.1 Å². The zero-order chi connectivity index (χ0) is 12.3. The summed E-state index contributed by atoms with van der Waals surface area (Å²) in [5.41, 5.74) is 5.07. The Hall–Kier alpha value is -0.170. The third kappa shape index (κ3) is 3.41. The minimum atomic E-state index is -3.38. The molecule has 0 aliphatic carbocycles. The fourth-order valence-electron chi connectivity index (χ4n) is 1.23. The highest BCUT2D eigenvalue weighted by atomic mass is 32.2. The maximum Gasteiger partial charge on any atom is 0.282 e. The highest BCUT2D eigenvalue weighted by Crippen LogP contribution is 2.19. The number of hydrogen-bond donors (Lipinski definition) is 1. The monoisotopic (exact) mass is 237 g/mol. The van der Waals surface area contributed by atoms with Crippen LogP contribution in [0.3, 0.4) is 0 Å². The van der Waals surface area contributed by atoms with Gasteiger partial charge in [-0.1, -0.05) is 6.92 Å². The molecule has 0 fully saturated rings. The van der Waals surface area contributed by atoms with Crippen LogP contribution < -0.4 is 5.73 Å². The number of nitrogens with two attached hydrogens (primary N) is 1. The molecule has 2 N–H and O–H groups in total. The molecule has 0 bridgehead atoms. The first kappa shape index (κ1) is 14.8. The standard InChI is InChI=1S/C9H23N3O2S/c1-6-7-12(9(2,3)8-10)15(13,14)11(4)5/h6-8,10H2,1-5H3. The zero-order valence-electron chi connectivity index (χ0n) is 10.3. The molecule has 0 aliphatic heterocycles. The first-order chi connectivity index (χ1) is 6.70. The maximum atomic E-state index is 12.0. The van der Waals surface area contributed by atoms with E-state index >= 15 is 0 Å². The van der Waals surface area contributed by atoms with Crippen LogP contribution in [0.4, 0.5) is 0 Å². The Labute approximate surface area is 93.4 Å². The summed E-state index contributed by atoms with van der Waals surface area (Å²) >= 11 is 0. The lowest BCUT2D eigenvalue weighted by atomic mass is 10.1. The van der Waals surface area contributed by atoms with Crippen molar-refractivity contribution in [1.29, 1.82) is 0 Å². The molecule has 5 nitrogen and oxygen atoms in total. The molecule has 0 saturated heterocycles. The molecular formula is C9H23N3O2S. The molecule has 0 atom stereocenters. The normalized spacial score (nSPS) is 13.9. The summed E-state index contributed by atoms with van der Waals surface area (Å²) in [5, 5.41) is 0. The fraction of sp³-hybridized carbons (Fsp3) is 1.00. The van der Waals surface area contributed by atoms with Crippen molar-refractivity contribution in [2.75, 3.05) is 27.2 Å². The molecular weight excluding hydrogens is 214 g/mol. The lowest BCUT2D eigenvalue weighted by molar-refractivity contribution is 0.222. The maximum absolute atomic E-state index is 12.0. The first-order valence-electron chi connectivity index (χ1n) is 5.10.